The molecule has 25 heavy (non-hydrogen) atoms. The molecule has 0 unspecified atom stereocenters. The summed E-state index contributed by atoms with van der Waals surface area (Å²) in [4.78, 5) is 20.4. The summed E-state index contributed by atoms with van der Waals surface area (Å²) in [6, 6.07) is 15.8. The molecule has 4 nitrogen and oxygen atoms in total. The summed E-state index contributed by atoms with van der Waals surface area (Å²) in [5.41, 5.74) is 3.14. The molecule has 4 rings (SSSR count). The first-order valence-corrected chi connectivity index (χ1v) is 9.26. The molecule has 0 radical (unpaired) electrons. The molecule has 3 aromatic rings. The number of hydrogen-bond acceptors (Lipinski definition) is 4. The van der Waals surface area contributed by atoms with Gasteiger partial charge in [-0.15, -0.1) is 11.3 Å². The number of anilines is 2. The number of thiophene rings is 1. The Bertz CT molecular complexity index is 858. The average Bonchev–Trinajstić information content (AvgIpc) is 3.11. The number of aromatic nitrogens is 1. The van der Waals surface area contributed by atoms with Crippen molar-refractivity contribution in [3.63, 3.8) is 0 Å². The minimum Gasteiger partial charge on any atom is -0.352 e. The van der Waals surface area contributed by atoms with Crippen molar-refractivity contribution in [2.45, 2.75) is 19.4 Å². The van der Waals surface area contributed by atoms with Crippen LogP contribution in [0.15, 0.2) is 60.1 Å². The van der Waals surface area contributed by atoms with Crippen molar-refractivity contribution < 1.29 is 4.79 Å². The van der Waals surface area contributed by atoms with Crippen LogP contribution >= 0.6 is 11.3 Å². The summed E-state index contributed by atoms with van der Waals surface area (Å²) in [7, 11) is 0. The first-order valence-electron chi connectivity index (χ1n) is 8.38. The van der Waals surface area contributed by atoms with Gasteiger partial charge in [-0.25, -0.2) is 4.98 Å². The molecule has 0 saturated carbocycles. The maximum absolute atomic E-state index is 12.1. The second-order valence-electron chi connectivity index (χ2n) is 6.16. The van der Waals surface area contributed by atoms with Gasteiger partial charge in [0.15, 0.2) is 0 Å². The molecular weight excluding hydrogens is 330 g/mol. The van der Waals surface area contributed by atoms with Gasteiger partial charge in [0.2, 0.25) is 5.91 Å². The minimum absolute atomic E-state index is 0.0263. The Labute approximate surface area is 151 Å². The van der Waals surface area contributed by atoms with Crippen molar-refractivity contribution in [3.05, 3.63) is 76.1 Å². The highest BCUT2D eigenvalue weighted by molar-refractivity contribution is 7.10. The summed E-state index contributed by atoms with van der Waals surface area (Å²) in [5, 5.41) is 5.07. The van der Waals surface area contributed by atoms with Gasteiger partial charge in [0.25, 0.3) is 0 Å². The minimum atomic E-state index is -0.0263. The molecule has 0 atom stereocenters. The van der Waals surface area contributed by atoms with E-state index in [1.807, 2.05) is 53.8 Å². The van der Waals surface area contributed by atoms with Gasteiger partial charge in [-0.05, 0) is 41.1 Å². The zero-order valence-electron chi connectivity index (χ0n) is 13.8. The fourth-order valence-corrected chi connectivity index (χ4v) is 3.97. The van der Waals surface area contributed by atoms with Gasteiger partial charge >= 0.3 is 0 Å². The predicted molar refractivity (Wildman–Crippen MR) is 102 cm³/mol. The second kappa shape index (κ2) is 7.07. The number of carbonyl (C=O) groups is 1. The van der Waals surface area contributed by atoms with E-state index in [-0.39, 0.29) is 5.91 Å². The molecule has 126 valence electrons. The van der Waals surface area contributed by atoms with E-state index in [0.717, 1.165) is 36.6 Å². The second-order valence-corrected chi connectivity index (χ2v) is 7.16. The number of nitrogens with zero attached hydrogens (tertiary/aromatic N) is 2. The Balaban J connectivity index is 1.38. The quantitative estimate of drug-likeness (QED) is 0.777. The molecule has 1 aliphatic heterocycles. The van der Waals surface area contributed by atoms with Crippen LogP contribution in [0.4, 0.5) is 11.5 Å². The van der Waals surface area contributed by atoms with Crippen LogP contribution in [-0.4, -0.2) is 17.4 Å². The summed E-state index contributed by atoms with van der Waals surface area (Å²) < 4.78 is 0. The molecule has 0 saturated heterocycles. The zero-order valence-corrected chi connectivity index (χ0v) is 14.6. The Kier molecular flexibility index (Phi) is 4.48. The highest BCUT2D eigenvalue weighted by atomic mass is 32.1. The first-order chi connectivity index (χ1) is 12.3. The maximum Gasteiger partial charge on any atom is 0.228 e. The number of benzene rings is 1. The van der Waals surface area contributed by atoms with Crippen LogP contribution in [-0.2, 0) is 24.2 Å². The van der Waals surface area contributed by atoms with E-state index in [4.69, 9.17) is 0 Å². The lowest BCUT2D eigenvalue weighted by molar-refractivity contribution is -0.115. The lowest BCUT2D eigenvalue weighted by Gasteiger charge is -2.28. The Morgan fingerprint density at radius 3 is 2.84 bits per heavy atom. The third kappa shape index (κ3) is 3.72. The molecule has 0 fully saturated rings. The fraction of sp³-hybridized carbons (Fsp3) is 0.200. The van der Waals surface area contributed by atoms with Crippen LogP contribution in [0.5, 0.6) is 0 Å². The van der Waals surface area contributed by atoms with Gasteiger partial charge in [0.05, 0.1) is 18.3 Å². The zero-order chi connectivity index (χ0) is 17.1. The molecule has 0 spiro atoms. The van der Waals surface area contributed by atoms with Crippen molar-refractivity contribution in [1.29, 1.82) is 0 Å². The van der Waals surface area contributed by atoms with E-state index in [1.165, 1.54) is 10.4 Å². The van der Waals surface area contributed by atoms with Crippen molar-refractivity contribution in [3.8, 4) is 0 Å². The van der Waals surface area contributed by atoms with Crippen molar-refractivity contribution in [1.82, 2.24) is 4.98 Å². The predicted octanol–water partition coefficient (Wildman–Crippen LogP) is 3.89. The van der Waals surface area contributed by atoms with Crippen molar-refractivity contribution in [2.24, 2.45) is 0 Å². The van der Waals surface area contributed by atoms with Gasteiger partial charge in [0.1, 0.15) is 5.82 Å². The standard InChI is InChI=1S/C20H19N3OS/c24-20(12-15-4-2-1-3-5-15)22-17-6-7-19(21-13-17)23-10-8-18-16(14-23)9-11-25-18/h1-7,9,11,13H,8,10,12,14H2,(H,22,24). The van der Waals surface area contributed by atoms with E-state index in [9.17, 15) is 4.79 Å². The van der Waals surface area contributed by atoms with Crippen molar-refractivity contribution in [2.75, 3.05) is 16.8 Å². The molecule has 1 aliphatic rings. The normalized spacial score (nSPS) is 13.4. The summed E-state index contributed by atoms with van der Waals surface area (Å²) in [5.74, 6) is 0.930. The van der Waals surface area contributed by atoms with E-state index in [0.29, 0.717) is 6.42 Å². The fourth-order valence-electron chi connectivity index (χ4n) is 3.08. The SMILES string of the molecule is O=C(Cc1ccccc1)Nc1ccc(N2CCc3sccc3C2)nc1. The average molecular weight is 349 g/mol. The molecule has 3 heterocycles. The van der Waals surface area contributed by atoms with Gasteiger partial charge in [-0.1, -0.05) is 30.3 Å². The molecule has 1 amide bonds. The molecule has 2 aromatic heterocycles. The molecule has 0 bridgehead atoms. The number of amides is 1. The molecule has 1 aromatic carbocycles. The van der Waals surface area contributed by atoms with Gasteiger partial charge in [0, 0.05) is 18.0 Å². The van der Waals surface area contributed by atoms with Gasteiger partial charge < -0.3 is 10.2 Å². The summed E-state index contributed by atoms with van der Waals surface area (Å²) >= 11 is 1.84. The van der Waals surface area contributed by atoms with Crippen LogP contribution in [0, 0.1) is 0 Å². The molecular formula is C20H19N3OS. The number of nitrogens with one attached hydrogen (secondary N) is 1. The van der Waals surface area contributed by atoms with Gasteiger partial charge in [-0.3, -0.25) is 4.79 Å². The Hall–Kier alpha value is -2.66. The molecule has 1 N–H and O–H groups in total. The number of rotatable bonds is 4. The molecule has 5 heteroatoms. The Morgan fingerprint density at radius 2 is 2.04 bits per heavy atom. The number of fused-ring (bicyclic) bond motifs is 1. The van der Waals surface area contributed by atoms with Crippen LogP contribution in [0.3, 0.4) is 0 Å². The van der Waals surface area contributed by atoms with E-state index < -0.39 is 0 Å². The lowest BCUT2D eigenvalue weighted by Crippen LogP contribution is -2.30. The summed E-state index contributed by atoms with van der Waals surface area (Å²) in [6.07, 6.45) is 3.18. The van der Waals surface area contributed by atoms with E-state index in [1.54, 1.807) is 6.20 Å². The maximum atomic E-state index is 12.1. The summed E-state index contributed by atoms with van der Waals surface area (Å²) in [6.45, 7) is 1.89. The van der Waals surface area contributed by atoms with Crippen LogP contribution in [0.1, 0.15) is 16.0 Å². The highest BCUT2D eigenvalue weighted by Crippen LogP contribution is 2.27. The number of hydrogen-bond donors (Lipinski definition) is 1. The van der Waals surface area contributed by atoms with Crippen molar-refractivity contribution >= 4 is 28.7 Å². The smallest absolute Gasteiger partial charge is 0.228 e. The molecule has 0 aliphatic carbocycles. The third-order valence-electron chi connectivity index (χ3n) is 4.37. The van der Waals surface area contributed by atoms with Crippen LogP contribution in [0.2, 0.25) is 0 Å². The highest BCUT2D eigenvalue weighted by Gasteiger charge is 2.18. The van der Waals surface area contributed by atoms with E-state index >= 15 is 0 Å². The van der Waals surface area contributed by atoms with E-state index in [2.05, 4.69) is 26.6 Å². The van der Waals surface area contributed by atoms with Crippen LogP contribution in [0.25, 0.3) is 0 Å². The number of carbonyl (C=O) groups excluding carboxylic acids is 1. The third-order valence-corrected chi connectivity index (χ3v) is 5.39. The Morgan fingerprint density at radius 1 is 1.16 bits per heavy atom. The largest absolute Gasteiger partial charge is 0.352 e. The topological polar surface area (TPSA) is 45.2 Å². The van der Waals surface area contributed by atoms with Gasteiger partial charge in [-0.2, -0.15) is 0 Å². The lowest BCUT2D eigenvalue weighted by atomic mass is 10.1. The van der Waals surface area contributed by atoms with Crippen LogP contribution < -0.4 is 10.2 Å². The number of pyridine rings is 1. The monoisotopic (exact) mass is 349 g/mol. The first kappa shape index (κ1) is 15.8.